The number of pyridine rings is 1. The van der Waals surface area contributed by atoms with Crippen molar-refractivity contribution in [3.8, 4) is 5.75 Å². The fourth-order valence-corrected chi connectivity index (χ4v) is 5.76. The van der Waals surface area contributed by atoms with Crippen LogP contribution in [-0.4, -0.2) is 55.0 Å². The summed E-state index contributed by atoms with van der Waals surface area (Å²) in [4.78, 5) is 14.7. The molecule has 0 unspecified atom stereocenters. The molecule has 2 aliphatic rings. The zero-order chi connectivity index (χ0) is 24.3. The van der Waals surface area contributed by atoms with Gasteiger partial charge in [0, 0.05) is 37.3 Å². The molecule has 35 heavy (non-hydrogen) atoms. The minimum Gasteiger partial charge on any atom is -0.490 e. The number of aromatic nitrogens is 5. The van der Waals surface area contributed by atoms with Gasteiger partial charge in [-0.05, 0) is 44.4 Å². The summed E-state index contributed by atoms with van der Waals surface area (Å²) in [6, 6.07) is 3.48. The number of benzene rings is 1. The average Bonchev–Trinajstić information content (AvgIpc) is 3.24. The Hall–Kier alpha value is -3.11. The summed E-state index contributed by atoms with van der Waals surface area (Å²) in [6.07, 6.45) is 7.03. The maximum Gasteiger partial charge on any atom is 0.276 e. The number of rotatable bonds is 6. The molecule has 1 saturated carbocycles. The van der Waals surface area contributed by atoms with Crippen molar-refractivity contribution in [2.75, 3.05) is 19.6 Å². The molecule has 0 N–H and O–H groups in total. The molecule has 4 heterocycles. The molecule has 1 saturated heterocycles. The molecule has 6 rings (SSSR count). The third-order valence-electron chi connectivity index (χ3n) is 7.23. The van der Waals surface area contributed by atoms with E-state index < -0.39 is 11.6 Å². The third kappa shape index (κ3) is 3.75. The van der Waals surface area contributed by atoms with Gasteiger partial charge in [-0.25, -0.2) is 13.5 Å². The quantitative estimate of drug-likeness (QED) is 0.404. The number of aryl methyl sites for hydroxylation is 1. The number of ether oxygens (including phenoxy) is 1. The lowest BCUT2D eigenvalue weighted by Gasteiger charge is -2.58. The standard InChI is InChI=1S/C24H23ClF2N6O2/c1-31-23(34)20-16(9-29-31)19(5-4-17(20)25)35-14-7-24(8-14)11-32(12-24)6-2-3-15-18(26)10-33-13-28-30-22(33)21(15)27/h4-5,9-10,13-14H,2-3,6-8,11-12H2,1H3. The highest BCUT2D eigenvalue weighted by atomic mass is 35.5. The second-order valence-electron chi connectivity index (χ2n) is 9.70. The maximum atomic E-state index is 14.5. The molecule has 4 aromatic rings. The minimum absolute atomic E-state index is 0.0504. The van der Waals surface area contributed by atoms with Gasteiger partial charge in [-0.15, -0.1) is 10.2 Å². The van der Waals surface area contributed by atoms with Gasteiger partial charge >= 0.3 is 0 Å². The molecular weight excluding hydrogens is 478 g/mol. The topological polar surface area (TPSA) is 77.6 Å². The molecule has 1 aromatic carbocycles. The van der Waals surface area contributed by atoms with E-state index in [0.29, 0.717) is 34.4 Å². The number of hydrogen-bond donors (Lipinski definition) is 0. The van der Waals surface area contributed by atoms with Crippen LogP contribution in [0.2, 0.25) is 5.02 Å². The van der Waals surface area contributed by atoms with Crippen LogP contribution in [0.3, 0.4) is 0 Å². The number of halogens is 3. The lowest BCUT2D eigenvalue weighted by atomic mass is 9.61. The van der Waals surface area contributed by atoms with Crippen LogP contribution in [0, 0.1) is 17.0 Å². The van der Waals surface area contributed by atoms with Gasteiger partial charge < -0.3 is 9.64 Å². The summed E-state index contributed by atoms with van der Waals surface area (Å²) in [5.41, 5.74) is 0.101. The molecule has 2 fully saturated rings. The Bertz CT molecular complexity index is 1510. The van der Waals surface area contributed by atoms with Gasteiger partial charge in [0.05, 0.1) is 28.1 Å². The summed E-state index contributed by atoms with van der Waals surface area (Å²) in [5, 5.41) is 12.9. The molecule has 0 radical (unpaired) electrons. The first kappa shape index (κ1) is 22.4. The monoisotopic (exact) mass is 500 g/mol. The van der Waals surface area contributed by atoms with E-state index in [4.69, 9.17) is 16.3 Å². The predicted octanol–water partition coefficient (Wildman–Crippen LogP) is 3.38. The first-order valence-corrected chi connectivity index (χ1v) is 11.9. The Morgan fingerprint density at radius 1 is 1.26 bits per heavy atom. The van der Waals surface area contributed by atoms with Crippen molar-refractivity contribution in [2.45, 2.75) is 31.8 Å². The van der Waals surface area contributed by atoms with Crippen LogP contribution in [0.4, 0.5) is 8.78 Å². The molecule has 3 aromatic heterocycles. The van der Waals surface area contributed by atoms with Crippen molar-refractivity contribution >= 4 is 28.0 Å². The summed E-state index contributed by atoms with van der Waals surface area (Å²) in [5.74, 6) is -0.583. The first-order chi connectivity index (χ1) is 16.8. The second kappa shape index (κ2) is 8.23. The molecule has 0 atom stereocenters. The Labute approximate surface area is 204 Å². The normalized spacial score (nSPS) is 17.7. The highest BCUT2D eigenvalue weighted by molar-refractivity contribution is 6.35. The predicted molar refractivity (Wildman–Crippen MR) is 126 cm³/mol. The van der Waals surface area contributed by atoms with Crippen LogP contribution in [0.25, 0.3) is 16.4 Å². The largest absolute Gasteiger partial charge is 0.490 e. The smallest absolute Gasteiger partial charge is 0.276 e. The van der Waals surface area contributed by atoms with Crippen LogP contribution in [0.5, 0.6) is 5.75 Å². The Morgan fingerprint density at radius 3 is 2.86 bits per heavy atom. The van der Waals surface area contributed by atoms with Gasteiger partial charge in [0.2, 0.25) is 0 Å². The molecule has 0 bridgehead atoms. The molecule has 0 amide bonds. The van der Waals surface area contributed by atoms with Crippen molar-refractivity contribution in [3.05, 3.63) is 63.4 Å². The van der Waals surface area contributed by atoms with E-state index in [1.165, 1.54) is 21.6 Å². The van der Waals surface area contributed by atoms with Crippen molar-refractivity contribution in [3.63, 3.8) is 0 Å². The number of fused-ring (bicyclic) bond motifs is 2. The Morgan fingerprint density at radius 2 is 2.06 bits per heavy atom. The molecular formula is C24H23ClF2N6O2. The van der Waals surface area contributed by atoms with E-state index in [2.05, 4.69) is 20.2 Å². The molecule has 1 aliphatic heterocycles. The van der Waals surface area contributed by atoms with Crippen molar-refractivity contribution in [1.29, 1.82) is 0 Å². The number of likely N-dealkylation sites (tertiary alicyclic amines) is 1. The molecule has 1 aliphatic carbocycles. The van der Waals surface area contributed by atoms with E-state index in [-0.39, 0.29) is 28.3 Å². The van der Waals surface area contributed by atoms with E-state index in [1.807, 2.05) is 0 Å². The van der Waals surface area contributed by atoms with Crippen molar-refractivity contribution < 1.29 is 13.5 Å². The molecule has 8 nitrogen and oxygen atoms in total. The fraction of sp³-hybridized carbons (Fsp3) is 0.417. The fourth-order valence-electron chi connectivity index (χ4n) is 5.51. The van der Waals surface area contributed by atoms with Crippen LogP contribution >= 0.6 is 11.6 Å². The summed E-state index contributed by atoms with van der Waals surface area (Å²) < 4.78 is 37.5. The van der Waals surface area contributed by atoms with E-state index >= 15 is 0 Å². The first-order valence-electron chi connectivity index (χ1n) is 11.5. The average molecular weight is 501 g/mol. The van der Waals surface area contributed by atoms with E-state index in [9.17, 15) is 13.6 Å². The third-order valence-corrected chi connectivity index (χ3v) is 7.55. The van der Waals surface area contributed by atoms with Gasteiger partial charge in [0.15, 0.2) is 11.5 Å². The van der Waals surface area contributed by atoms with Crippen LogP contribution in [-0.2, 0) is 13.5 Å². The molecule has 1 spiro atoms. The second-order valence-corrected chi connectivity index (χ2v) is 10.1. The van der Waals surface area contributed by atoms with Gasteiger partial charge in [-0.1, -0.05) is 11.6 Å². The van der Waals surface area contributed by atoms with E-state index in [1.54, 1.807) is 25.4 Å². The number of nitrogens with zero attached hydrogens (tertiary/aromatic N) is 6. The highest BCUT2D eigenvalue weighted by Gasteiger charge is 2.53. The number of hydrogen-bond acceptors (Lipinski definition) is 6. The van der Waals surface area contributed by atoms with E-state index in [0.717, 1.165) is 32.5 Å². The lowest BCUT2D eigenvalue weighted by Crippen LogP contribution is -2.64. The zero-order valence-corrected chi connectivity index (χ0v) is 19.8. The van der Waals surface area contributed by atoms with Gasteiger partial charge in [-0.3, -0.25) is 9.20 Å². The van der Waals surface area contributed by atoms with Gasteiger partial charge in [0.25, 0.3) is 5.56 Å². The Kier molecular flexibility index (Phi) is 5.26. The zero-order valence-electron chi connectivity index (χ0n) is 19.0. The van der Waals surface area contributed by atoms with Crippen molar-refractivity contribution in [1.82, 2.24) is 29.3 Å². The van der Waals surface area contributed by atoms with Gasteiger partial charge in [0.1, 0.15) is 17.9 Å². The Balaban J connectivity index is 1.02. The minimum atomic E-state index is -0.635. The van der Waals surface area contributed by atoms with Crippen LogP contribution in [0.15, 0.2) is 35.6 Å². The van der Waals surface area contributed by atoms with Crippen molar-refractivity contribution in [2.24, 2.45) is 12.5 Å². The maximum absolute atomic E-state index is 14.5. The molecule has 182 valence electrons. The lowest BCUT2D eigenvalue weighted by molar-refractivity contribution is -0.118. The molecule has 11 heteroatoms. The van der Waals surface area contributed by atoms with Gasteiger partial charge in [-0.2, -0.15) is 5.10 Å². The summed E-state index contributed by atoms with van der Waals surface area (Å²) >= 11 is 6.25. The van der Waals surface area contributed by atoms with Crippen LogP contribution in [0.1, 0.15) is 24.8 Å². The summed E-state index contributed by atoms with van der Waals surface area (Å²) in [6.45, 7) is 2.68. The SMILES string of the molecule is Cn1ncc2c(OC3CC4(C3)CN(CCCc3c(F)cn5cnnc5c3F)C4)ccc(Cl)c2c1=O. The highest BCUT2D eigenvalue weighted by Crippen LogP contribution is 2.50. The summed E-state index contributed by atoms with van der Waals surface area (Å²) in [7, 11) is 1.59. The van der Waals surface area contributed by atoms with Crippen LogP contribution < -0.4 is 10.3 Å².